The normalized spacial score (nSPS) is 14.9. The van der Waals surface area contributed by atoms with Gasteiger partial charge in [-0.05, 0) is 36.2 Å². The van der Waals surface area contributed by atoms with Crippen LogP contribution in [0.4, 0.5) is 4.39 Å². The maximum absolute atomic E-state index is 13.6. The van der Waals surface area contributed by atoms with E-state index in [9.17, 15) is 14.0 Å². The monoisotopic (exact) mass is 431 g/mol. The highest BCUT2D eigenvalue weighted by atomic mass is 32.2. The van der Waals surface area contributed by atoms with Crippen LogP contribution >= 0.6 is 11.8 Å². The lowest BCUT2D eigenvalue weighted by Crippen LogP contribution is -2.47. The van der Waals surface area contributed by atoms with Crippen molar-refractivity contribution in [1.29, 1.82) is 0 Å². The lowest BCUT2D eigenvalue weighted by Gasteiger charge is -2.30. The second kappa shape index (κ2) is 11.7. The Balaban J connectivity index is 1.54. The van der Waals surface area contributed by atoms with E-state index >= 15 is 0 Å². The van der Waals surface area contributed by atoms with Crippen molar-refractivity contribution in [3.05, 3.63) is 60.0 Å². The Labute approximate surface area is 180 Å². The number of nitrogens with zero attached hydrogens (tertiary/aromatic N) is 2. The minimum atomic E-state index is -0.447. The molecule has 160 valence electrons. The van der Waals surface area contributed by atoms with Crippen LogP contribution in [0.25, 0.3) is 0 Å². The Kier molecular flexibility index (Phi) is 8.65. The topological polar surface area (TPSA) is 71.5 Å². The van der Waals surface area contributed by atoms with E-state index in [0.29, 0.717) is 44.9 Å². The molecule has 6 nitrogen and oxygen atoms in total. The zero-order chi connectivity index (χ0) is 21.2. The van der Waals surface area contributed by atoms with Crippen LogP contribution in [-0.4, -0.2) is 60.3 Å². The molecule has 30 heavy (non-hydrogen) atoms. The third-order valence-corrected chi connectivity index (χ3v) is 5.75. The van der Waals surface area contributed by atoms with Crippen LogP contribution in [0.5, 0.6) is 0 Å². The summed E-state index contributed by atoms with van der Waals surface area (Å²) >= 11 is 1.51. The lowest BCUT2D eigenvalue weighted by atomic mass is 9.97. The smallest absolute Gasteiger partial charge is 0.227 e. The average molecular weight is 432 g/mol. The Morgan fingerprint density at radius 3 is 2.77 bits per heavy atom. The summed E-state index contributed by atoms with van der Waals surface area (Å²) < 4.78 is 18.9. The molecule has 2 heterocycles. The van der Waals surface area contributed by atoms with Crippen LogP contribution in [0.1, 0.15) is 12.0 Å². The minimum absolute atomic E-state index is 0.0364. The molecule has 3 rings (SSSR count). The number of aromatic nitrogens is 1. The van der Waals surface area contributed by atoms with E-state index in [-0.39, 0.29) is 24.2 Å². The Bertz CT molecular complexity index is 831. The zero-order valence-electron chi connectivity index (χ0n) is 16.8. The van der Waals surface area contributed by atoms with Gasteiger partial charge in [0.2, 0.25) is 11.8 Å². The summed E-state index contributed by atoms with van der Waals surface area (Å²) in [6.07, 6.45) is 2.42. The highest BCUT2D eigenvalue weighted by molar-refractivity contribution is 7.99. The van der Waals surface area contributed by atoms with Gasteiger partial charge in [-0.3, -0.25) is 9.59 Å². The van der Waals surface area contributed by atoms with Crippen LogP contribution in [-0.2, 0) is 20.7 Å². The van der Waals surface area contributed by atoms with Gasteiger partial charge in [-0.25, -0.2) is 9.37 Å². The molecule has 0 spiro atoms. The number of benzene rings is 1. The molecule has 1 saturated heterocycles. The Morgan fingerprint density at radius 2 is 2.03 bits per heavy atom. The molecule has 0 saturated carbocycles. The SMILES string of the molecule is O=C(CCSc1ccccn1)NC[C@@H](Cc1cccc(F)c1)C(=O)N1CCOCC1. The summed E-state index contributed by atoms with van der Waals surface area (Å²) in [5.41, 5.74) is 0.738. The van der Waals surface area contributed by atoms with Crippen LogP contribution < -0.4 is 5.32 Å². The third-order valence-electron chi connectivity index (χ3n) is 4.81. The van der Waals surface area contributed by atoms with Crippen LogP contribution in [0.3, 0.4) is 0 Å². The van der Waals surface area contributed by atoms with Gasteiger partial charge in [0, 0.05) is 38.0 Å². The first-order valence-corrected chi connectivity index (χ1v) is 11.0. The van der Waals surface area contributed by atoms with E-state index in [4.69, 9.17) is 4.74 Å². The van der Waals surface area contributed by atoms with Crippen molar-refractivity contribution < 1.29 is 18.7 Å². The predicted molar refractivity (Wildman–Crippen MR) is 114 cm³/mol. The van der Waals surface area contributed by atoms with Crippen LogP contribution in [0.15, 0.2) is 53.7 Å². The summed E-state index contributed by atoms with van der Waals surface area (Å²) in [5, 5.41) is 3.75. The number of nitrogens with one attached hydrogen (secondary N) is 1. The Morgan fingerprint density at radius 1 is 1.20 bits per heavy atom. The van der Waals surface area contributed by atoms with Gasteiger partial charge in [0.1, 0.15) is 5.82 Å². The van der Waals surface area contributed by atoms with Crippen molar-refractivity contribution in [1.82, 2.24) is 15.2 Å². The minimum Gasteiger partial charge on any atom is -0.378 e. The molecule has 0 bridgehead atoms. The number of carbonyl (C=O) groups excluding carboxylic acids is 2. The molecule has 1 aromatic carbocycles. The van der Waals surface area contributed by atoms with E-state index in [1.807, 2.05) is 18.2 Å². The number of halogens is 1. The zero-order valence-corrected chi connectivity index (χ0v) is 17.6. The molecule has 1 atom stereocenters. The fourth-order valence-electron chi connectivity index (χ4n) is 3.24. The van der Waals surface area contributed by atoms with Gasteiger partial charge in [0.15, 0.2) is 0 Å². The molecule has 1 N–H and O–H groups in total. The van der Waals surface area contributed by atoms with Crippen molar-refractivity contribution in [2.75, 3.05) is 38.6 Å². The third kappa shape index (κ3) is 7.11. The number of carbonyl (C=O) groups is 2. The second-order valence-corrected chi connectivity index (χ2v) is 8.15. The highest BCUT2D eigenvalue weighted by Crippen LogP contribution is 2.16. The fourth-order valence-corrected chi connectivity index (χ4v) is 4.05. The van der Waals surface area contributed by atoms with Gasteiger partial charge in [-0.2, -0.15) is 0 Å². The number of hydrogen-bond acceptors (Lipinski definition) is 5. The standard InChI is InChI=1S/C22H26FN3O3S/c23-19-5-3-4-17(15-19)14-18(22(28)26-9-11-29-12-10-26)16-25-20(27)7-13-30-21-6-1-2-8-24-21/h1-6,8,15,18H,7,9-14,16H2,(H,25,27)/t18-/m1/s1. The maximum atomic E-state index is 13.6. The first-order valence-electron chi connectivity index (χ1n) is 10.0. The molecule has 1 aromatic heterocycles. The molecule has 2 amide bonds. The van der Waals surface area contributed by atoms with Gasteiger partial charge in [0.05, 0.1) is 24.2 Å². The fraction of sp³-hybridized carbons (Fsp3) is 0.409. The van der Waals surface area contributed by atoms with Gasteiger partial charge in [0.25, 0.3) is 0 Å². The summed E-state index contributed by atoms with van der Waals surface area (Å²) in [5.74, 6) is -0.324. The molecule has 2 aromatic rings. The molecule has 0 radical (unpaired) electrons. The molecule has 0 unspecified atom stereocenters. The Hall–Kier alpha value is -2.45. The number of amides is 2. The molecule has 1 fully saturated rings. The van der Waals surface area contributed by atoms with E-state index < -0.39 is 5.92 Å². The van der Waals surface area contributed by atoms with Gasteiger partial charge >= 0.3 is 0 Å². The first kappa shape index (κ1) is 22.2. The van der Waals surface area contributed by atoms with Crippen molar-refractivity contribution in [3.63, 3.8) is 0 Å². The average Bonchev–Trinajstić information content (AvgIpc) is 2.77. The molecule has 8 heteroatoms. The van der Waals surface area contributed by atoms with E-state index in [0.717, 1.165) is 10.6 Å². The van der Waals surface area contributed by atoms with Crippen molar-refractivity contribution >= 4 is 23.6 Å². The summed E-state index contributed by atoms with van der Waals surface area (Å²) in [6, 6.07) is 11.9. The number of morpholine rings is 1. The van der Waals surface area contributed by atoms with Gasteiger partial charge in [-0.15, -0.1) is 11.8 Å². The number of pyridine rings is 1. The van der Waals surface area contributed by atoms with Crippen LogP contribution in [0.2, 0.25) is 0 Å². The number of ether oxygens (including phenoxy) is 1. The molecule has 0 aliphatic carbocycles. The molecule has 1 aliphatic heterocycles. The van der Waals surface area contributed by atoms with Crippen molar-refractivity contribution in [3.8, 4) is 0 Å². The lowest BCUT2D eigenvalue weighted by molar-refractivity contribution is -0.139. The second-order valence-electron chi connectivity index (χ2n) is 7.04. The molecular formula is C22H26FN3O3S. The van der Waals surface area contributed by atoms with Crippen molar-refractivity contribution in [2.24, 2.45) is 5.92 Å². The maximum Gasteiger partial charge on any atom is 0.227 e. The molecular weight excluding hydrogens is 405 g/mol. The quantitative estimate of drug-likeness (QED) is 0.618. The van der Waals surface area contributed by atoms with Gasteiger partial charge < -0.3 is 15.0 Å². The summed E-state index contributed by atoms with van der Waals surface area (Å²) in [6.45, 7) is 2.31. The first-order chi connectivity index (χ1) is 14.6. The predicted octanol–water partition coefficient (Wildman–Crippen LogP) is 2.54. The summed E-state index contributed by atoms with van der Waals surface area (Å²) in [4.78, 5) is 31.3. The van der Waals surface area contributed by atoms with E-state index in [1.165, 1.54) is 23.9 Å². The van der Waals surface area contributed by atoms with Gasteiger partial charge in [-0.1, -0.05) is 18.2 Å². The van der Waals surface area contributed by atoms with E-state index in [1.54, 1.807) is 23.2 Å². The molecule has 1 aliphatic rings. The number of hydrogen-bond donors (Lipinski definition) is 1. The van der Waals surface area contributed by atoms with Crippen LogP contribution in [0, 0.1) is 11.7 Å². The largest absolute Gasteiger partial charge is 0.378 e. The number of thioether (sulfide) groups is 1. The number of rotatable bonds is 9. The van der Waals surface area contributed by atoms with Crippen molar-refractivity contribution in [2.45, 2.75) is 17.9 Å². The highest BCUT2D eigenvalue weighted by Gasteiger charge is 2.26. The summed E-state index contributed by atoms with van der Waals surface area (Å²) in [7, 11) is 0. The van der Waals surface area contributed by atoms with E-state index in [2.05, 4.69) is 10.3 Å².